The molecule has 1 saturated heterocycles. The molecule has 2 N–H and O–H groups in total. The van der Waals surface area contributed by atoms with Gasteiger partial charge in [-0.1, -0.05) is 22.0 Å². The number of hydrogen-bond donors (Lipinski definition) is 1. The molecule has 2 rings (SSSR count). The highest BCUT2D eigenvalue weighted by Crippen LogP contribution is 2.28. The van der Waals surface area contributed by atoms with E-state index < -0.39 is 0 Å². The predicted octanol–water partition coefficient (Wildman–Crippen LogP) is 3.03. The van der Waals surface area contributed by atoms with E-state index in [2.05, 4.69) is 29.8 Å². The smallest absolute Gasteiger partial charge is 0.227 e. The van der Waals surface area contributed by atoms with Crippen molar-refractivity contribution in [3.63, 3.8) is 0 Å². The monoisotopic (exact) mass is 338 g/mol. The van der Waals surface area contributed by atoms with Crippen LogP contribution in [0.15, 0.2) is 22.7 Å². The van der Waals surface area contributed by atoms with Crippen LogP contribution in [0.4, 0.5) is 0 Å². The molecule has 0 radical (unpaired) electrons. The van der Waals surface area contributed by atoms with Gasteiger partial charge in [0.1, 0.15) is 0 Å². The Morgan fingerprint density at radius 2 is 2.20 bits per heavy atom. The van der Waals surface area contributed by atoms with E-state index in [0.717, 1.165) is 35.0 Å². The van der Waals surface area contributed by atoms with Gasteiger partial charge in [-0.25, -0.2) is 0 Å². The lowest BCUT2D eigenvalue weighted by Crippen LogP contribution is -2.61. The lowest BCUT2D eigenvalue weighted by atomic mass is 9.85. The highest BCUT2D eigenvalue weighted by Gasteiger charge is 2.38. The number of likely N-dealkylation sites (tertiary alicyclic amines) is 1. The maximum absolute atomic E-state index is 12.6. The van der Waals surface area contributed by atoms with Crippen molar-refractivity contribution in [1.29, 1.82) is 0 Å². The van der Waals surface area contributed by atoms with Crippen LogP contribution in [-0.2, 0) is 11.2 Å². The molecule has 20 heavy (non-hydrogen) atoms. The maximum Gasteiger partial charge on any atom is 0.227 e. The number of nitrogens with two attached hydrogens (primary N) is 1. The number of halogens is 1. The van der Waals surface area contributed by atoms with Crippen molar-refractivity contribution in [3.8, 4) is 0 Å². The Morgan fingerprint density at radius 3 is 2.90 bits per heavy atom. The summed E-state index contributed by atoms with van der Waals surface area (Å²) >= 11 is 3.47. The molecule has 0 aromatic heterocycles. The second-order valence-electron chi connectivity index (χ2n) is 6.20. The van der Waals surface area contributed by atoms with E-state index in [4.69, 9.17) is 5.73 Å². The number of benzene rings is 1. The fourth-order valence-corrected chi connectivity index (χ4v) is 3.25. The summed E-state index contributed by atoms with van der Waals surface area (Å²) in [5.74, 6) is 0.173. The molecule has 4 heteroatoms. The summed E-state index contributed by atoms with van der Waals surface area (Å²) in [5, 5.41) is 0. The molecule has 0 aliphatic carbocycles. The number of carbonyl (C=O) groups is 1. The number of rotatable bonds is 2. The van der Waals surface area contributed by atoms with Crippen LogP contribution >= 0.6 is 15.9 Å². The van der Waals surface area contributed by atoms with Crippen molar-refractivity contribution in [2.24, 2.45) is 5.73 Å². The third-order valence-electron chi connectivity index (χ3n) is 4.45. The first kappa shape index (κ1) is 15.5. The quantitative estimate of drug-likeness (QED) is 0.900. The number of nitrogens with zero attached hydrogens (tertiary/aromatic N) is 1. The summed E-state index contributed by atoms with van der Waals surface area (Å²) in [6.07, 6.45) is 2.43. The van der Waals surface area contributed by atoms with Crippen LogP contribution in [0, 0.1) is 6.92 Å². The Hall–Kier alpha value is -0.870. The Morgan fingerprint density at radius 1 is 1.50 bits per heavy atom. The van der Waals surface area contributed by atoms with E-state index in [1.54, 1.807) is 0 Å². The predicted molar refractivity (Wildman–Crippen MR) is 85.6 cm³/mol. The van der Waals surface area contributed by atoms with Gasteiger partial charge in [0.15, 0.2) is 0 Å². The van der Waals surface area contributed by atoms with Gasteiger partial charge in [-0.3, -0.25) is 4.79 Å². The van der Waals surface area contributed by atoms with E-state index in [0.29, 0.717) is 6.42 Å². The van der Waals surface area contributed by atoms with Crippen molar-refractivity contribution in [2.45, 2.75) is 51.6 Å². The Kier molecular flexibility index (Phi) is 4.55. The minimum atomic E-state index is -0.255. The lowest BCUT2D eigenvalue weighted by Gasteiger charge is -2.46. The third-order valence-corrected chi connectivity index (χ3v) is 4.95. The second-order valence-corrected chi connectivity index (χ2v) is 7.11. The molecule has 110 valence electrons. The van der Waals surface area contributed by atoms with Crippen LogP contribution < -0.4 is 5.73 Å². The highest BCUT2D eigenvalue weighted by atomic mass is 79.9. The molecule has 1 unspecified atom stereocenters. The van der Waals surface area contributed by atoms with Gasteiger partial charge in [0.05, 0.1) is 12.0 Å². The standard InChI is InChI=1S/C16H23BrN2O/c1-11-6-7-13(17)9-12(11)10-15(20)19-8-4-5-14(18)16(19,2)3/h6-7,9,14H,4-5,8,10,18H2,1-3H3. The minimum absolute atomic E-state index is 0.0591. The van der Waals surface area contributed by atoms with Crippen molar-refractivity contribution < 1.29 is 4.79 Å². The zero-order chi connectivity index (χ0) is 14.9. The maximum atomic E-state index is 12.6. The zero-order valence-electron chi connectivity index (χ0n) is 12.4. The van der Waals surface area contributed by atoms with Crippen LogP contribution in [0.1, 0.15) is 37.8 Å². The van der Waals surface area contributed by atoms with Gasteiger partial charge < -0.3 is 10.6 Å². The molecule has 1 amide bonds. The molecule has 1 atom stereocenters. The Labute approximate surface area is 129 Å². The molecular formula is C16H23BrN2O. The number of hydrogen-bond acceptors (Lipinski definition) is 2. The number of piperidine rings is 1. The second kappa shape index (κ2) is 5.86. The van der Waals surface area contributed by atoms with Gasteiger partial charge in [-0.05, 0) is 56.9 Å². The molecule has 0 spiro atoms. The summed E-state index contributed by atoms with van der Waals surface area (Å²) in [4.78, 5) is 14.6. The topological polar surface area (TPSA) is 46.3 Å². The van der Waals surface area contributed by atoms with Crippen LogP contribution in [0.5, 0.6) is 0 Å². The fourth-order valence-electron chi connectivity index (χ4n) is 2.85. The largest absolute Gasteiger partial charge is 0.336 e. The molecule has 1 aromatic carbocycles. The summed E-state index contributed by atoms with van der Waals surface area (Å²) in [5.41, 5.74) is 8.17. The Bertz CT molecular complexity index is 513. The minimum Gasteiger partial charge on any atom is -0.336 e. The molecule has 1 fully saturated rings. The molecule has 1 heterocycles. The zero-order valence-corrected chi connectivity index (χ0v) is 14.0. The third kappa shape index (κ3) is 3.07. The first-order valence-electron chi connectivity index (χ1n) is 7.13. The average molecular weight is 339 g/mol. The summed E-state index contributed by atoms with van der Waals surface area (Å²) in [6.45, 7) is 7.00. The van der Waals surface area contributed by atoms with Gasteiger partial charge in [-0.2, -0.15) is 0 Å². The summed E-state index contributed by atoms with van der Waals surface area (Å²) in [7, 11) is 0. The van der Waals surface area contributed by atoms with Crippen molar-refractivity contribution >= 4 is 21.8 Å². The number of aryl methyl sites for hydroxylation is 1. The van der Waals surface area contributed by atoms with E-state index in [1.165, 1.54) is 0 Å². The molecule has 1 aliphatic heterocycles. The number of carbonyl (C=O) groups excluding carboxylic acids is 1. The summed E-state index contributed by atoms with van der Waals surface area (Å²) < 4.78 is 1.01. The normalized spacial score (nSPS) is 21.9. The van der Waals surface area contributed by atoms with E-state index in [-0.39, 0.29) is 17.5 Å². The molecular weight excluding hydrogens is 316 g/mol. The molecule has 1 aromatic rings. The molecule has 0 saturated carbocycles. The van der Waals surface area contributed by atoms with E-state index in [9.17, 15) is 4.79 Å². The molecule has 3 nitrogen and oxygen atoms in total. The Balaban J connectivity index is 2.17. The van der Waals surface area contributed by atoms with Gasteiger partial charge >= 0.3 is 0 Å². The van der Waals surface area contributed by atoms with E-state index in [1.807, 2.05) is 30.0 Å². The highest BCUT2D eigenvalue weighted by molar-refractivity contribution is 9.10. The molecule has 0 bridgehead atoms. The van der Waals surface area contributed by atoms with Crippen LogP contribution in [0.3, 0.4) is 0 Å². The van der Waals surface area contributed by atoms with Crippen molar-refractivity contribution in [1.82, 2.24) is 4.90 Å². The van der Waals surface area contributed by atoms with E-state index >= 15 is 0 Å². The van der Waals surface area contributed by atoms with Crippen LogP contribution in [0.25, 0.3) is 0 Å². The summed E-state index contributed by atoms with van der Waals surface area (Å²) in [6, 6.07) is 6.14. The van der Waals surface area contributed by atoms with Crippen LogP contribution in [-0.4, -0.2) is 28.9 Å². The van der Waals surface area contributed by atoms with Crippen LogP contribution in [0.2, 0.25) is 0 Å². The SMILES string of the molecule is Cc1ccc(Br)cc1CC(=O)N1CCCC(N)C1(C)C. The average Bonchev–Trinajstić information content (AvgIpc) is 2.37. The van der Waals surface area contributed by atoms with Gasteiger partial charge in [-0.15, -0.1) is 0 Å². The number of amides is 1. The first-order chi connectivity index (χ1) is 9.32. The van der Waals surface area contributed by atoms with Crippen molar-refractivity contribution in [3.05, 3.63) is 33.8 Å². The fraction of sp³-hybridized carbons (Fsp3) is 0.562. The first-order valence-corrected chi connectivity index (χ1v) is 7.92. The lowest BCUT2D eigenvalue weighted by molar-refractivity contribution is -0.138. The van der Waals surface area contributed by atoms with Gasteiger partial charge in [0.2, 0.25) is 5.91 Å². The van der Waals surface area contributed by atoms with Gasteiger partial charge in [0, 0.05) is 17.1 Å². The molecule has 1 aliphatic rings. The van der Waals surface area contributed by atoms with Gasteiger partial charge in [0.25, 0.3) is 0 Å². The van der Waals surface area contributed by atoms with Crippen molar-refractivity contribution in [2.75, 3.05) is 6.54 Å².